The van der Waals surface area contributed by atoms with E-state index in [9.17, 15) is 9.46 Å². The van der Waals surface area contributed by atoms with E-state index in [0.717, 1.165) is 47.5 Å². The zero-order valence-electron chi connectivity index (χ0n) is 36.7. The Hall–Kier alpha value is -1.69. The van der Waals surface area contributed by atoms with Gasteiger partial charge in [-0.2, -0.15) is 0 Å². The first-order chi connectivity index (χ1) is 24.6. The highest BCUT2D eigenvalue weighted by molar-refractivity contribution is 7.61. The molecule has 2 saturated carbocycles. The fourth-order valence-corrected chi connectivity index (χ4v) is 7.69. The summed E-state index contributed by atoms with van der Waals surface area (Å²) in [5.74, 6) is 6.46. The summed E-state index contributed by atoms with van der Waals surface area (Å²) in [5, 5.41) is 0.352. The first kappa shape index (κ1) is 49.3. The van der Waals surface area contributed by atoms with Gasteiger partial charge in [0.15, 0.2) is 0 Å². The second-order valence-electron chi connectivity index (χ2n) is 17.6. The van der Waals surface area contributed by atoms with E-state index in [-0.39, 0.29) is 12.2 Å². The van der Waals surface area contributed by atoms with Gasteiger partial charge in [0.25, 0.3) is 0 Å². The molecule has 1 unspecified atom stereocenters. The van der Waals surface area contributed by atoms with Crippen LogP contribution in [0.15, 0.2) is 48.5 Å². The normalized spacial score (nSPS) is 20.9. The van der Waals surface area contributed by atoms with Crippen LogP contribution in [0.2, 0.25) is 0 Å². The van der Waals surface area contributed by atoms with Gasteiger partial charge in [0.1, 0.15) is 5.75 Å². The van der Waals surface area contributed by atoms with E-state index in [1.165, 1.54) is 37.7 Å². The first-order valence-electron chi connectivity index (χ1n) is 20.8. The quantitative estimate of drug-likeness (QED) is 0.193. The molecule has 3 atom stereocenters. The van der Waals surface area contributed by atoms with E-state index in [1.807, 2.05) is 38.1 Å². The molecule has 6 nitrogen and oxygen atoms in total. The highest BCUT2D eigenvalue weighted by Crippen LogP contribution is 2.44. The van der Waals surface area contributed by atoms with Crippen LogP contribution in [-0.4, -0.2) is 42.0 Å². The topological polar surface area (TPSA) is 74.2 Å². The molecule has 7 heteroatoms. The van der Waals surface area contributed by atoms with Crippen LogP contribution in [0.3, 0.4) is 0 Å². The minimum absolute atomic E-state index is 0.255. The third kappa shape index (κ3) is 21.3. The van der Waals surface area contributed by atoms with Crippen molar-refractivity contribution in [3.63, 3.8) is 0 Å². The summed E-state index contributed by atoms with van der Waals surface area (Å²) >= 11 is 0. The lowest BCUT2D eigenvalue weighted by molar-refractivity contribution is -0.0230. The highest BCUT2D eigenvalue weighted by atomic mass is 31.2. The van der Waals surface area contributed by atoms with Crippen LogP contribution >= 0.6 is 7.60 Å². The van der Waals surface area contributed by atoms with Gasteiger partial charge in [0, 0.05) is 0 Å². The molecule has 53 heavy (non-hydrogen) atoms. The van der Waals surface area contributed by atoms with Crippen LogP contribution in [-0.2, 0) is 18.6 Å². The third-order valence-electron chi connectivity index (χ3n) is 9.76. The van der Waals surface area contributed by atoms with Crippen molar-refractivity contribution in [2.75, 3.05) is 6.61 Å². The summed E-state index contributed by atoms with van der Waals surface area (Å²) < 4.78 is 33.8. The van der Waals surface area contributed by atoms with Crippen LogP contribution < -0.4 is 10.0 Å². The van der Waals surface area contributed by atoms with Gasteiger partial charge in [-0.05, 0) is 164 Å². The Morgan fingerprint density at radius 3 is 1.47 bits per heavy atom. The zero-order chi connectivity index (χ0) is 40.5. The van der Waals surface area contributed by atoms with Crippen molar-refractivity contribution in [3.05, 3.63) is 59.7 Å². The average Bonchev–Trinajstić information content (AvgIpc) is 3.85. The summed E-state index contributed by atoms with van der Waals surface area (Å²) in [4.78, 5) is 9.72. The molecule has 0 saturated heterocycles. The fourth-order valence-electron chi connectivity index (χ4n) is 6.47. The van der Waals surface area contributed by atoms with E-state index >= 15 is 0 Å². The van der Waals surface area contributed by atoms with Crippen molar-refractivity contribution in [2.24, 2.45) is 29.6 Å². The van der Waals surface area contributed by atoms with Crippen molar-refractivity contribution < 1.29 is 28.2 Å². The summed E-state index contributed by atoms with van der Waals surface area (Å²) in [6, 6.07) is 15.4. The average molecular weight is 761 g/mol. The van der Waals surface area contributed by atoms with Crippen molar-refractivity contribution >= 4 is 12.9 Å². The maximum Gasteiger partial charge on any atom is 0.359 e. The van der Waals surface area contributed by atoms with Crippen LogP contribution in [0, 0.1) is 29.6 Å². The molecule has 2 aromatic rings. The lowest BCUT2D eigenvalue weighted by Crippen LogP contribution is -2.26. The Kier molecular flexibility index (Phi) is 23.0. The monoisotopic (exact) mass is 761 g/mol. The molecular weight excluding hydrogens is 679 g/mol. The minimum atomic E-state index is -3.65. The molecule has 0 aliphatic heterocycles. The molecule has 0 bridgehead atoms. The summed E-state index contributed by atoms with van der Waals surface area (Å²) in [6.07, 6.45) is 8.04. The van der Waals surface area contributed by atoms with Gasteiger partial charge in [-0.1, -0.05) is 79.7 Å². The Labute approximate surface area is 327 Å². The summed E-state index contributed by atoms with van der Waals surface area (Å²) in [6.45, 7) is 34.9. The number of benzene rings is 2. The van der Waals surface area contributed by atoms with Crippen molar-refractivity contribution in [1.82, 2.24) is 0 Å². The molecule has 0 amide bonds. The Morgan fingerprint density at radius 1 is 0.623 bits per heavy atom. The van der Waals surface area contributed by atoms with Gasteiger partial charge in [-0.3, -0.25) is 4.57 Å². The number of ether oxygens (including phenoxy) is 3. The molecule has 2 aliphatic rings. The SMILES string of the molecule is CC(C)OC1CCC(C(C)C)CC1.CC(C)OC[C@H]1C[C@@H]1C(C)C.CC(C)OP(=O)(O)c1ccc(C(C)C)cc1.CC(C)Oc1ccc(C(C)C)cc1. The lowest BCUT2D eigenvalue weighted by atomic mass is 9.80. The number of hydrogen-bond acceptors (Lipinski definition) is 5. The molecule has 4 rings (SSSR count). The van der Waals surface area contributed by atoms with Gasteiger partial charge in [-0.25, -0.2) is 0 Å². The standard InChI is InChI=1S/C12H19O3P.C12H24O.C12H18O.C10H20O/c1-9(2)11-5-7-12(8-6-11)16(13,14)15-10(3)4;2*1-9(2)11-5-7-12(8-6-11)13-10(3)4;1-7(2)10-5-9(10)6-11-8(3)4/h5-10H,1-4H3,(H,13,14);9-12H,5-8H2,1-4H3;5-10H,1-4H3;7-10H,5-6H2,1-4H3/t;;;9-,10-/m...1/s1. The van der Waals surface area contributed by atoms with Crippen LogP contribution in [0.4, 0.5) is 0 Å². The minimum Gasteiger partial charge on any atom is -0.491 e. The first-order valence-corrected chi connectivity index (χ1v) is 22.4. The predicted molar refractivity (Wildman–Crippen MR) is 227 cm³/mol. The van der Waals surface area contributed by atoms with Crippen LogP contribution in [0.5, 0.6) is 5.75 Å². The van der Waals surface area contributed by atoms with E-state index in [2.05, 4.69) is 95.2 Å². The van der Waals surface area contributed by atoms with E-state index < -0.39 is 7.60 Å². The molecule has 1 N–H and O–H groups in total. The maximum atomic E-state index is 11.8. The van der Waals surface area contributed by atoms with Crippen molar-refractivity contribution in [3.8, 4) is 5.75 Å². The molecule has 2 aromatic carbocycles. The van der Waals surface area contributed by atoms with E-state index in [1.54, 1.807) is 26.0 Å². The third-order valence-corrected chi connectivity index (χ3v) is 11.4. The van der Waals surface area contributed by atoms with Crippen LogP contribution in [0.25, 0.3) is 0 Å². The second kappa shape index (κ2) is 24.7. The fraction of sp³-hybridized carbons (Fsp3) is 0.739. The molecule has 0 radical (unpaired) electrons. The Morgan fingerprint density at radius 2 is 1.11 bits per heavy atom. The number of rotatable bonds is 14. The smallest absolute Gasteiger partial charge is 0.359 e. The van der Waals surface area contributed by atoms with Gasteiger partial charge < -0.3 is 23.6 Å². The van der Waals surface area contributed by atoms with E-state index in [4.69, 9.17) is 18.7 Å². The van der Waals surface area contributed by atoms with Crippen molar-refractivity contribution in [1.29, 1.82) is 0 Å². The van der Waals surface area contributed by atoms with Gasteiger partial charge in [0.2, 0.25) is 0 Å². The summed E-state index contributed by atoms with van der Waals surface area (Å²) in [5.41, 5.74) is 2.50. The number of hydrogen-bond donors (Lipinski definition) is 1. The molecule has 2 fully saturated rings. The lowest BCUT2D eigenvalue weighted by Gasteiger charge is -2.31. The molecule has 2 aliphatic carbocycles. The summed E-state index contributed by atoms with van der Waals surface area (Å²) in [7, 11) is -3.65. The highest BCUT2D eigenvalue weighted by Gasteiger charge is 2.39. The maximum absolute atomic E-state index is 11.8. The Balaban J connectivity index is 0.000000356. The second-order valence-corrected chi connectivity index (χ2v) is 19.3. The van der Waals surface area contributed by atoms with Gasteiger partial charge in [0.05, 0.1) is 42.4 Å². The molecule has 0 spiro atoms. The largest absolute Gasteiger partial charge is 0.491 e. The van der Waals surface area contributed by atoms with Crippen LogP contribution in [0.1, 0.15) is 166 Å². The molecular formula is C46H81O6P. The van der Waals surface area contributed by atoms with Gasteiger partial charge >= 0.3 is 7.60 Å². The Bertz CT molecular complexity index is 1260. The predicted octanol–water partition coefficient (Wildman–Crippen LogP) is 13.0. The zero-order valence-corrected chi connectivity index (χ0v) is 37.6. The van der Waals surface area contributed by atoms with E-state index in [0.29, 0.717) is 35.5 Å². The molecule has 0 heterocycles. The van der Waals surface area contributed by atoms with Gasteiger partial charge in [-0.15, -0.1) is 0 Å². The molecule has 306 valence electrons. The molecule has 0 aromatic heterocycles. The van der Waals surface area contributed by atoms with Crippen molar-refractivity contribution in [2.45, 2.75) is 185 Å².